The molecule has 2 aliphatic rings. The number of amides is 1. The quantitative estimate of drug-likeness (QED) is 0.791. The fraction of sp³-hybridized carbons (Fsp3) is 0.571. The lowest BCUT2D eigenvalue weighted by atomic mass is 9.84. The van der Waals surface area contributed by atoms with Crippen molar-refractivity contribution in [3.8, 4) is 11.5 Å². The van der Waals surface area contributed by atoms with Crippen LogP contribution >= 0.6 is 0 Å². The van der Waals surface area contributed by atoms with E-state index >= 15 is 0 Å². The second-order valence-corrected chi connectivity index (χ2v) is 7.39. The van der Waals surface area contributed by atoms with E-state index in [0.717, 1.165) is 18.4 Å². The number of nitrogens with one attached hydrogen (secondary N) is 1. The SMILES string of the molecule is COc1cc(CC(=O)NC2CCC(C=C3CCCC3)CC2)ccc1O. The molecule has 0 unspecified atom stereocenters. The molecule has 136 valence electrons. The number of carbonyl (C=O) groups is 1. The number of ether oxygens (including phenoxy) is 1. The van der Waals surface area contributed by atoms with Crippen LogP contribution in [0.15, 0.2) is 29.8 Å². The molecule has 0 aromatic heterocycles. The van der Waals surface area contributed by atoms with E-state index in [0.29, 0.717) is 24.1 Å². The second-order valence-electron chi connectivity index (χ2n) is 7.39. The van der Waals surface area contributed by atoms with E-state index in [1.54, 1.807) is 23.8 Å². The number of hydrogen-bond donors (Lipinski definition) is 2. The van der Waals surface area contributed by atoms with Crippen molar-refractivity contribution in [2.45, 2.75) is 63.8 Å². The van der Waals surface area contributed by atoms with Crippen LogP contribution in [-0.4, -0.2) is 24.2 Å². The molecule has 0 heterocycles. The Labute approximate surface area is 150 Å². The van der Waals surface area contributed by atoms with Crippen LogP contribution in [0.1, 0.15) is 56.9 Å². The summed E-state index contributed by atoms with van der Waals surface area (Å²) in [7, 11) is 1.51. The van der Waals surface area contributed by atoms with Crippen molar-refractivity contribution in [2.75, 3.05) is 7.11 Å². The Bertz CT molecular complexity index is 622. The summed E-state index contributed by atoms with van der Waals surface area (Å²) in [6.07, 6.45) is 12.7. The van der Waals surface area contributed by atoms with Gasteiger partial charge in [0.15, 0.2) is 11.5 Å². The van der Waals surface area contributed by atoms with Gasteiger partial charge in [0.05, 0.1) is 13.5 Å². The summed E-state index contributed by atoms with van der Waals surface area (Å²) in [5.74, 6) is 1.26. The van der Waals surface area contributed by atoms with Gasteiger partial charge in [0.25, 0.3) is 0 Å². The minimum absolute atomic E-state index is 0.0466. The highest BCUT2D eigenvalue weighted by Gasteiger charge is 2.22. The zero-order chi connectivity index (χ0) is 17.6. The number of rotatable bonds is 5. The summed E-state index contributed by atoms with van der Waals surface area (Å²) in [5, 5.41) is 12.8. The number of allylic oxidation sites excluding steroid dienone is 2. The number of hydrogen-bond acceptors (Lipinski definition) is 3. The third kappa shape index (κ3) is 5.00. The predicted octanol–water partition coefficient (Wildman–Crippen LogP) is 4.12. The molecule has 0 atom stereocenters. The third-order valence-corrected chi connectivity index (χ3v) is 5.46. The lowest BCUT2D eigenvalue weighted by Gasteiger charge is -2.28. The molecule has 4 heteroatoms. The van der Waals surface area contributed by atoms with Gasteiger partial charge in [-0.05, 0) is 75.0 Å². The Morgan fingerprint density at radius 2 is 1.96 bits per heavy atom. The molecule has 2 N–H and O–H groups in total. The summed E-state index contributed by atoms with van der Waals surface area (Å²) in [6, 6.07) is 5.36. The van der Waals surface area contributed by atoms with Gasteiger partial charge in [-0.1, -0.05) is 17.7 Å². The largest absolute Gasteiger partial charge is 0.504 e. The molecular weight excluding hydrogens is 314 g/mol. The molecule has 2 fully saturated rings. The minimum Gasteiger partial charge on any atom is -0.504 e. The Balaban J connectivity index is 1.45. The smallest absolute Gasteiger partial charge is 0.224 e. The highest BCUT2D eigenvalue weighted by Crippen LogP contribution is 2.31. The van der Waals surface area contributed by atoms with E-state index < -0.39 is 0 Å². The van der Waals surface area contributed by atoms with Crippen molar-refractivity contribution in [1.29, 1.82) is 0 Å². The van der Waals surface area contributed by atoms with Gasteiger partial charge in [-0.3, -0.25) is 4.79 Å². The molecule has 1 aromatic carbocycles. The number of benzene rings is 1. The van der Waals surface area contributed by atoms with E-state index in [4.69, 9.17) is 4.74 Å². The number of aromatic hydroxyl groups is 1. The fourth-order valence-corrected chi connectivity index (χ4v) is 4.06. The van der Waals surface area contributed by atoms with Gasteiger partial charge in [-0.25, -0.2) is 0 Å². The van der Waals surface area contributed by atoms with Crippen LogP contribution in [0.4, 0.5) is 0 Å². The first-order valence-corrected chi connectivity index (χ1v) is 9.49. The van der Waals surface area contributed by atoms with Crippen LogP contribution in [0.2, 0.25) is 0 Å². The van der Waals surface area contributed by atoms with Crippen molar-refractivity contribution < 1.29 is 14.6 Å². The Hall–Kier alpha value is -1.97. The van der Waals surface area contributed by atoms with Crippen LogP contribution in [0.25, 0.3) is 0 Å². The first-order chi connectivity index (χ1) is 12.1. The maximum Gasteiger partial charge on any atom is 0.224 e. The summed E-state index contributed by atoms with van der Waals surface area (Å²) >= 11 is 0. The average Bonchev–Trinajstić information content (AvgIpc) is 3.11. The Morgan fingerprint density at radius 3 is 2.64 bits per heavy atom. The van der Waals surface area contributed by atoms with E-state index in [-0.39, 0.29) is 11.7 Å². The van der Waals surface area contributed by atoms with Crippen molar-refractivity contribution >= 4 is 5.91 Å². The molecule has 0 aliphatic heterocycles. The van der Waals surface area contributed by atoms with E-state index in [9.17, 15) is 9.90 Å². The maximum atomic E-state index is 12.3. The average molecular weight is 343 g/mol. The van der Waals surface area contributed by atoms with Crippen LogP contribution in [-0.2, 0) is 11.2 Å². The van der Waals surface area contributed by atoms with Gasteiger partial charge in [0.2, 0.25) is 5.91 Å². The molecule has 0 bridgehead atoms. The molecular formula is C21H29NO3. The Morgan fingerprint density at radius 1 is 1.24 bits per heavy atom. The van der Waals surface area contributed by atoms with Crippen LogP contribution < -0.4 is 10.1 Å². The molecule has 4 nitrogen and oxygen atoms in total. The minimum atomic E-state index is 0.0466. The lowest BCUT2D eigenvalue weighted by molar-refractivity contribution is -0.121. The monoisotopic (exact) mass is 343 g/mol. The first kappa shape index (κ1) is 17.8. The summed E-state index contributed by atoms with van der Waals surface area (Å²) in [6.45, 7) is 0. The summed E-state index contributed by atoms with van der Waals surface area (Å²) in [5.41, 5.74) is 2.51. The molecule has 0 spiro atoms. The van der Waals surface area contributed by atoms with E-state index in [2.05, 4.69) is 11.4 Å². The Kier molecular flexibility index (Phi) is 6.00. The normalized spacial score (nSPS) is 23.3. The van der Waals surface area contributed by atoms with Gasteiger partial charge in [0.1, 0.15) is 0 Å². The molecule has 0 radical (unpaired) electrons. The lowest BCUT2D eigenvalue weighted by Crippen LogP contribution is -2.38. The van der Waals surface area contributed by atoms with Crippen molar-refractivity contribution in [3.05, 3.63) is 35.4 Å². The molecule has 25 heavy (non-hydrogen) atoms. The van der Waals surface area contributed by atoms with Crippen molar-refractivity contribution in [3.63, 3.8) is 0 Å². The standard InChI is InChI=1S/C21H29NO3/c1-25-20-13-17(8-11-19(20)23)14-21(24)22-18-9-6-16(7-10-18)12-15-4-2-3-5-15/h8,11-13,16,18,23H,2-7,9-10,14H2,1H3,(H,22,24). The predicted molar refractivity (Wildman–Crippen MR) is 98.8 cm³/mol. The van der Waals surface area contributed by atoms with Gasteiger partial charge in [-0.2, -0.15) is 0 Å². The molecule has 2 aliphatic carbocycles. The van der Waals surface area contributed by atoms with Gasteiger partial charge in [-0.15, -0.1) is 0 Å². The summed E-state index contributed by atoms with van der Waals surface area (Å²) in [4.78, 5) is 12.3. The molecule has 2 saturated carbocycles. The zero-order valence-corrected chi connectivity index (χ0v) is 15.1. The summed E-state index contributed by atoms with van der Waals surface area (Å²) < 4.78 is 5.10. The number of carbonyl (C=O) groups excluding carboxylic acids is 1. The van der Waals surface area contributed by atoms with E-state index in [1.165, 1.54) is 45.6 Å². The molecule has 1 aromatic rings. The second kappa shape index (κ2) is 8.41. The number of methoxy groups -OCH3 is 1. The third-order valence-electron chi connectivity index (χ3n) is 5.46. The van der Waals surface area contributed by atoms with Crippen molar-refractivity contribution in [1.82, 2.24) is 5.32 Å². The molecule has 3 rings (SSSR count). The first-order valence-electron chi connectivity index (χ1n) is 9.49. The van der Waals surface area contributed by atoms with Gasteiger partial charge < -0.3 is 15.2 Å². The molecule has 1 amide bonds. The van der Waals surface area contributed by atoms with Crippen molar-refractivity contribution in [2.24, 2.45) is 5.92 Å². The fourth-order valence-electron chi connectivity index (χ4n) is 4.06. The highest BCUT2D eigenvalue weighted by molar-refractivity contribution is 5.79. The van der Waals surface area contributed by atoms with Gasteiger partial charge in [0, 0.05) is 6.04 Å². The highest BCUT2D eigenvalue weighted by atomic mass is 16.5. The van der Waals surface area contributed by atoms with E-state index in [1.807, 2.05) is 0 Å². The van der Waals surface area contributed by atoms with Crippen LogP contribution in [0.3, 0.4) is 0 Å². The topological polar surface area (TPSA) is 58.6 Å². The molecule has 0 saturated heterocycles. The van der Waals surface area contributed by atoms with Crippen LogP contribution in [0, 0.1) is 5.92 Å². The number of phenols is 1. The van der Waals surface area contributed by atoms with Gasteiger partial charge >= 0.3 is 0 Å². The maximum absolute atomic E-state index is 12.3. The van der Waals surface area contributed by atoms with Crippen LogP contribution in [0.5, 0.6) is 11.5 Å². The zero-order valence-electron chi connectivity index (χ0n) is 15.1. The number of phenolic OH excluding ortho intramolecular Hbond substituents is 1.